The number of thiazole rings is 1. The van der Waals surface area contributed by atoms with Gasteiger partial charge >= 0.3 is 0 Å². The van der Waals surface area contributed by atoms with Gasteiger partial charge in [0.05, 0.1) is 13.0 Å². The number of aromatic nitrogens is 3. The van der Waals surface area contributed by atoms with Crippen LogP contribution in [0.1, 0.15) is 28.5 Å². The van der Waals surface area contributed by atoms with Crippen molar-refractivity contribution in [3.63, 3.8) is 0 Å². The van der Waals surface area contributed by atoms with Crippen molar-refractivity contribution in [2.24, 2.45) is 5.73 Å². The van der Waals surface area contributed by atoms with Crippen molar-refractivity contribution in [1.82, 2.24) is 19.9 Å². The maximum Gasteiger partial charge on any atom is 0.272 e. The second-order valence-corrected chi connectivity index (χ2v) is 6.04. The summed E-state index contributed by atoms with van der Waals surface area (Å²) in [6.45, 7) is 5.30. The highest BCUT2D eigenvalue weighted by molar-refractivity contribution is 7.11. The number of rotatable bonds is 8. The van der Waals surface area contributed by atoms with Crippen molar-refractivity contribution in [2.75, 3.05) is 24.3 Å². The Morgan fingerprint density at radius 2 is 2.27 bits per heavy atom. The van der Waals surface area contributed by atoms with Gasteiger partial charge in [0.2, 0.25) is 5.91 Å². The fraction of sp³-hybridized carbons (Fsp3) is 0.267. The molecule has 0 saturated heterocycles. The first-order chi connectivity index (χ1) is 12.4. The number of allylic oxidation sites excluding steroid dienone is 1. The molecule has 0 unspecified atom stereocenters. The molecule has 0 aliphatic rings. The van der Waals surface area contributed by atoms with Crippen LogP contribution in [0, 0.1) is 5.41 Å². The lowest BCUT2D eigenvalue weighted by Crippen LogP contribution is -2.33. The molecule has 1 atom stereocenters. The minimum absolute atomic E-state index is 0.0355. The van der Waals surface area contributed by atoms with E-state index >= 15 is 0 Å². The summed E-state index contributed by atoms with van der Waals surface area (Å²) in [5.41, 5.74) is 6.02. The molecule has 0 aliphatic heterocycles. The summed E-state index contributed by atoms with van der Waals surface area (Å²) in [6.07, 6.45) is 2.51. The third kappa shape index (κ3) is 3.95. The number of nitrogens with zero attached hydrogens (tertiary/aromatic N) is 3. The predicted molar refractivity (Wildman–Crippen MR) is 102 cm³/mol. The fourth-order valence-corrected chi connectivity index (χ4v) is 2.83. The van der Waals surface area contributed by atoms with Gasteiger partial charge in [0.1, 0.15) is 16.9 Å². The lowest BCUT2D eigenvalue weighted by atomic mass is 10.2. The van der Waals surface area contributed by atoms with Crippen LogP contribution < -0.4 is 21.7 Å². The number of hydrogen-bond donors (Lipinski definition) is 5. The first-order valence-electron chi connectivity index (χ1n) is 7.61. The van der Waals surface area contributed by atoms with E-state index in [1.165, 1.54) is 22.2 Å². The van der Waals surface area contributed by atoms with Crippen molar-refractivity contribution in [2.45, 2.75) is 13.0 Å². The summed E-state index contributed by atoms with van der Waals surface area (Å²) < 4.78 is 1.45. The lowest BCUT2D eigenvalue weighted by Gasteiger charge is -2.16. The molecule has 0 bridgehead atoms. The Bertz CT molecular complexity index is 841. The van der Waals surface area contributed by atoms with Crippen LogP contribution in [0.2, 0.25) is 0 Å². The maximum atomic E-state index is 12.6. The van der Waals surface area contributed by atoms with Crippen molar-refractivity contribution in [3.05, 3.63) is 29.0 Å². The summed E-state index contributed by atoms with van der Waals surface area (Å²) in [7, 11) is 1.63. The van der Waals surface area contributed by atoms with E-state index in [1.54, 1.807) is 19.4 Å². The van der Waals surface area contributed by atoms with Crippen LogP contribution >= 0.6 is 11.3 Å². The molecule has 0 radical (unpaired) electrons. The Morgan fingerprint density at radius 3 is 2.88 bits per heavy atom. The zero-order valence-electron chi connectivity index (χ0n) is 14.4. The monoisotopic (exact) mass is 376 g/mol. The van der Waals surface area contributed by atoms with E-state index in [4.69, 9.17) is 11.1 Å². The molecule has 2 amide bonds. The number of imidazole rings is 1. The van der Waals surface area contributed by atoms with E-state index in [1.807, 2.05) is 0 Å². The van der Waals surface area contributed by atoms with Crippen LogP contribution in [0.5, 0.6) is 0 Å². The Labute approximate surface area is 154 Å². The highest BCUT2D eigenvalue weighted by atomic mass is 32.1. The van der Waals surface area contributed by atoms with Crippen molar-refractivity contribution < 1.29 is 9.59 Å². The second-order valence-electron chi connectivity index (χ2n) is 5.18. The average molecular weight is 376 g/mol. The third-order valence-corrected chi connectivity index (χ3v) is 4.43. The van der Waals surface area contributed by atoms with Crippen LogP contribution in [-0.4, -0.2) is 46.3 Å². The summed E-state index contributed by atoms with van der Waals surface area (Å²) in [5, 5.41) is 17.4. The molecule has 6 N–H and O–H groups in total. The highest BCUT2D eigenvalue weighted by Crippen LogP contribution is 2.22. The number of amides is 2. The first kappa shape index (κ1) is 19.3. The van der Waals surface area contributed by atoms with Crippen LogP contribution in [0.4, 0.5) is 11.6 Å². The predicted octanol–water partition coefficient (Wildman–Crippen LogP) is 0.890. The lowest BCUT2D eigenvalue weighted by molar-refractivity contribution is -0.118. The van der Waals surface area contributed by atoms with Gasteiger partial charge in [0.25, 0.3) is 5.91 Å². The number of carbonyl (C=O) groups is 2. The van der Waals surface area contributed by atoms with Crippen LogP contribution in [0.25, 0.3) is 5.57 Å². The summed E-state index contributed by atoms with van der Waals surface area (Å²) in [5.74, 6) is -0.114. The molecule has 0 saturated carbocycles. The van der Waals surface area contributed by atoms with E-state index in [9.17, 15) is 9.59 Å². The second kappa shape index (κ2) is 8.36. The molecule has 0 fully saturated rings. The molecule has 2 rings (SSSR count). The van der Waals surface area contributed by atoms with Crippen molar-refractivity contribution >= 4 is 46.6 Å². The molecule has 26 heavy (non-hydrogen) atoms. The van der Waals surface area contributed by atoms with E-state index in [2.05, 4.69) is 32.5 Å². The largest absolute Gasteiger partial charge is 0.371 e. The molecule has 0 aromatic carbocycles. The number of nitrogens with one attached hydrogen (secondary N) is 4. The Balaban J connectivity index is 2.21. The normalized spacial score (nSPS) is 11.5. The van der Waals surface area contributed by atoms with Crippen molar-refractivity contribution in [3.8, 4) is 0 Å². The fourth-order valence-electron chi connectivity index (χ4n) is 2.14. The standard InChI is InChI=1S/C15H20N8O2S/c1-8(4-16)15-22-10(5-26-15)21-13(24)9(2)23-7-20-12(18-3)11(23)14(25)19-6-17/h4-5,7,9,16,18H,1,6,17H2,2-3H3,(H,19,25)(H,21,24)/t9-/m0/s1. The highest BCUT2D eigenvalue weighted by Gasteiger charge is 2.25. The van der Waals surface area contributed by atoms with Gasteiger partial charge in [-0.25, -0.2) is 9.97 Å². The third-order valence-electron chi connectivity index (χ3n) is 3.51. The molecule has 11 heteroatoms. The van der Waals surface area contributed by atoms with Crippen LogP contribution in [0.15, 0.2) is 18.3 Å². The minimum atomic E-state index is -0.723. The SMILES string of the molecule is C=C(C=N)c1nc(NC(=O)[C@H](C)n2cnc(NC)c2C(=O)NCN)cs1. The van der Waals surface area contributed by atoms with Crippen LogP contribution in [-0.2, 0) is 4.79 Å². The summed E-state index contributed by atoms with van der Waals surface area (Å²) >= 11 is 1.27. The van der Waals surface area contributed by atoms with Crippen LogP contribution in [0.3, 0.4) is 0 Å². The summed E-state index contributed by atoms with van der Waals surface area (Å²) in [6, 6.07) is -0.723. The molecule has 2 aromatic heterocycles. The Hall–Kier alpha value is -3.05. The van der Waals surface area contributed by atoms with Gasteiger partial charge in [0, 0.05) is 24.2 Å². The van der Waals surface area contributed by atoms with E-state index < -0.39 is 11.9 Å². The van der Waals surface area contributed by atoms with Gasteiger partial charge in [-0.15, -0.1) is 11.3 Å². The minimum Gasteiger partial charge on any atom is -0.371 e. The number of carbonyl (C=O) groups excluding carboxylic acids is 2. The molecule has 138 valence electrons. The number of hydrogen-bond acceptors (Lipinski definition) is 8. The quantitative estimate of drug-likeness (QED) is 0.341. The Kier molecular flexibility index (Phi) is 6.20. The van der Waals surface area contributed by atoms with Gasteiger partial charge < -0.3 is 31.7 Å². The van der Waals surface area contributed by atoms with Gasteiger partial charge in [-0.2, -0.15) is 0 Å². The number of anilines is 2. The molecular formula is C15H20N8O2S. The van der Waals surface area contributed by atoms with Gasteiger partial charge in [0.15, 0.2) is 11.5 Å². The van der Waals surface area contributed by atoms with Gasteiger partial charge in [-0.05, 0) is 6.92 Å². The Morgan fingerprint density at radius 1 is 1.54 bits per heavy atom. The summed E-state index contributed by atoms with van der Waals surface area (Å²) in [4.78, 5) is 33.1. The average Bonchev–Trinajstić information content (AvgIpc) is 3.27. The van der Waals surface area contributed by atoms with Crippen molar-refractivity contribution in [1.29, 1.82) is 5.41 Å². The van der Waals surface area contributed by atoms with E-state index in [0.717, 1.165) is 6.21 Å². The maximum absolute atomic E-state index is 12.6. The molecule has 2 aromatic rings. The van der Waals surface area contributed by atoms with E-state index in [0.29, 0.717) is 22.2 Å². The number of nitrogens with two attached hydrogens (primary N) is 1. The molecular weight excluding hydrogens is 356 g/mol. The molecule has 0 aliphatic carbocycles. The smallest absolute Gasteiger partial charge is 0.272 e. The topological polar surface area (TPSA) is 151 Å². The zero-order chi connectivity index (χ0) is 19.3. The van der Waals surface area contributed by atoms with Gasteiger partial charge in [-0.1, -0.05) is 6.58 Å². The van der Waals surface area contributed by atoms with Gasteiger partial charge in [-0.3, -0.25) is 9.59 Å². The van der Waals surface area contributed by atoms with E-state index in [-0.39, 0.29) is 18.3 Å². The molecule has 0 spiro atoms. The molecule has 2 heterocycles. The molecule has 10 nitrogen and oxygen atoms in total. The first-order valence-corrected chi connectivity index (χ1v) is 8.49. The zero-order valence-corrected chi connectivity index (χ0v) is 15.2.